The molecule has 1 fully saturated rings. The summed E-state index contributed by atoms with van der Waals surface area (Å²) in [4.78, 5) is 13.0. The predicted octanol–water partition coefficient (Wildman–Crippen LogP) is 0.868. The summed E-state index contributed by atoms with van der Waals surface area (Å²) >= 11 is 0. The molecule has 1 aromatic rings. The van der Waals surface area contributed by atoms with Crippen molar-refractivity contribution >= 4 is 5.97 Å². The lowest BCUT2D eigenvalue weighted by molar-refractivity contribution is -0.0806. The molecule has 6 nitrogen and oxygen atoms in total. The third-order valence-corrected chi connectivity index (χ3v) is 3.44. The molecule has 0 radical (unpaired) electrons. The number of carboxylic acid groups (broad SMARTS) is 1. The van der Waals surface area contributed by atoms with Crippen LogP contribution >= 0.6 is 0 Å². The molecule has 2 rings (SSSR count). The van der Waals surface area contributed by atoms with Crippen LogP contribution in [0.4, 0.5) is 0 Å². The van der Waals surface area contributed by atoms with Crippen molar-refractivity contribution in [1.29, 1.82) is 0 Å². The maximum atomic E-state index is 10.9. The number of aliphatic hydroxyl groups excluding tert-OH is 1. The lowest BCUT2D eigenvalue weighted by Crippen LogP contribution is -2.48. The van der Waals surface area contributed by atoms with E-state index in [-0.39, 0.29) is 24.5 Å². The first-order valence-electron chi connectivity index (χ1n) is 6.30. The molecule has 0 bridgehead atoms. The minimum atomic E-state index is -1.06. The van der Waals surface area contributed by atoms with Crippen LogP contribution in [0, 0.1) is 6.92 Å². The summed E-state index contributed by atoms with van der Waals surface area (Å²) in [5.74, 6) is -0.471. The smallest absolute Gasteiger partial charge is 0.371 e. The molecule has 0 amide bonds. The van der Waals surface area contributed by atoms with Crippen LogP contribution in [0.15, 0.2) is 10.5 Å². The summed E-state index contributed by atoms with van der Waals surface area (Å²) in [5, 5.41) is 18.0. The van der Waals surface area contributed by atoms with Gasteiger partial charge in [-0.2, -0.15) is 0 Å². The molecule has 6 heteroatoms. The molecule has 1 aliphatic heterocycles. The molecule has 2 N–H and O–H groups in total. The second-order valence-electron chi connectivity index (χ2n) is 4.91. The SMILES string of the molecule is Cc1oc(C(=O)O)cc1CN1CC(CO)OCC1C. The fourth-order valence-electron chi connectivity index (χ4n) is 2.21. The van der Waals surface area contributed by atoms with E-state index in [1.807, 2.05) is 6.92 Å². The van der Waals surface area contributed by atoms with E-state index in [1.54, 1.807) is 13.0 Å². The van der Waals surface area contributed by atoms with Crippen molar-refractivity contribution in [1.82, 2.24) is 4.90 Å². The zero-order valence-corrected chi connectivity index (χ0v) is 11.1. The highest BCUT2D eigenvalue weighted by Crippen LogP contribution is 2.20. The van der Waals surface area contributed by atoms with Gasteiger partial charge in [0.1, 0.15) is 5.76 Å². The van der Waals surface area contributed by atoms with Gasteiger partial charge in [-0.05, 0) is 19.9 Å². The maximum Gasteiger partial charge on any atom is 0.371 e. The van der Waals surface area contributed by atoms with Crippen molar-refractivity contribution in [3.05, 3.63) is 23.2 Å². The standard InChI is InChI=1S/C13H19NO5/c1-8-7-18-11(6-15)5-14(8)4-10-3-12(13(16)17)19-9(10)2/h3,8,11,15H,4-7H2,1-2H3,(H,16,17). The first kappa shape index (κ1) is 14.0. The minimum Gasteiger partial charge on any atom is -0.475 e. The normalized spacial score (nSPS) is 24.6. The number of hydrogen-bond acceptors (Lipinski definition) is 5. The highest BCUT2D eigenvalue weighted by molar-refractivity contribution is 5.84. The number of rotatable bonds is 4. The van der Waals surface area contributed by atoms with Gasteiger partial charge in [0.2, 0.25) is 5.76 Å². The Morgan fingerprint density at radius 3 is 2.89 bits per heavy atom. The van der Waals surface area contributed by atoms with Crippen molar-refractivity contribution in [3.8, 4) is 0 Å². The van der Waals surface area contributed by atoms with Crippen LogP contribution in [0.5, 0.6) is 0 Å². The van der Waals surface area contributed by atoms with Gasteiger partial charge in [-0.25, -0.2) is 4.79 Å². The molecule has 106 valence electrons. The van der Waals surface area contributed by atoms with Crippen molar-refractivity contribution in [2.45, 2.75) is 32.5 Å². The molecule has 1 aromatic heterocycles. The number of aliphatic hydroxyl groups is 1. The zero-order chi connectivity index (χ0) is 14.0. The molecule has 19 heavy (non-hydrogen) atoms. The van der Waals surface area contributed by atoms with Crippen LogP contribution in [0.2, 0.25) is 0 Å². The number of hydrogen-bond donors (Lipinski definition) is 2. The number of carboxylic acids is 1. The van der Waals surface area contributed by atoms with Crippen LogP contribution in [-0.4, -0.2) is 53.0 Å². The van der Waals surface area contributed by atoms with Crippen LogP contribution in [0.1, 0.15) is 28.8 Å². The molecule has 2 heterocycles. The lowest BCUT2D eigenvalue weighted by Gasteiger charge is -2.37. The van der Waals surface area contributed by atoms with Crippen LogP contribution < -0.4 is 0 Å². The topological polar surface area (TPSA) is 83.1 Å². The molecular weight excluding hydrogens is 250 g/mol. The van der Waals surface area contributed by atoms with Crippen molar-refractivity contribution in [2.75, 3.05) is 19.8 Å². The Morgan fingerprint density at radius 2 is 2.32 bits per heavy atom. The fourth-order valence-corrected chi connectivity index (χ4v) is 2.21. The first-order chi connectivity index (χ1) is 9.01. The van der Waals surface area contributed by atoms with Gasteiger partial charge in [0, 0.05) is 24.7 Å². The molecule has 0 aliphatic carbocycles. The van der Waals surface area contributed by atoms with Crippen LogP contribution in [0.3, 0.4) is 0 Å². The monoisotopic (exact) mass is 269 g/mol. The Bertz CT molecular complexity index is 456. The van der Waals surface area contributed by atoms with Gasteiger partial charge in [0.05, 0.1) is 19.3 Å². The number of aryl methyl sites for hydroxylation is 1. The molecule has 2 atom stereocenters. The highest BCUT2D eigenvalue weighted by Gasteiger charge is 2.27. The third-order valence-electron chi connectivity index (χ3n) is 3.44. The predicted molar refractivity (Wildman–Crippen MR) is 67.1 cm³/mol. The van der Waals surface area contributed by atoms with Gasteiger partial charge in [-0.1, -0.05) is 0 Å². The summed E-state index contributed by atoms with van der Waals surface area (Å²) in [6, 6.07) is 1.79. The zero-order valence-electron chi connectivity index (χ0n) is 11.1. The Labute approximate surface area is 111 Å². The molecule has 1 aliphatic rings. The Kier molecular flexibility index (Phi) is 4.24. The van der Waals surface area contributed by atoms with E-state index < -0.39 is 5.97 Å². The Morgan fingerprint density at radius 1 is 1.58 bits per heavy atom. The summed E-state index contributed by atoms with van der Waals surface area (Å²) < 4.78 is 10.7. The van der Waals surface area contributed by atoms with Gasteiger partial charge in [0.15, 0.2) is 0 Å². The average Bonchev–Trinajstić information content (AvgIpc) is 2.74. The number of nitrogens with zero attached hydrogens (tertiary/aromatic N) is 1. The average molecular weight is 269 g/mol. The number of aromatic carboxylic acids is 1. The number of ether oxygens (including phenoxy) is 1. The molecule has 0 saturated carbocycles. The number of carbonyl (C=O) groups is 1. The Balaban J connectivity index is 2.09. The number of furan rings is 1. The van der Waals surface area contributed by atoms with E-state index >= 15 is 0 Å². The maximum absolute atomic E-state index is 10.9. The van der Waals surface area contributed by atoms with Crippen molar-refractivity contribution in [3.63, 3.8) is 0 Å². The van der Waals surface area contributed by atoms with Gasteiger partial charge >= 0.3 is 5.97 Å². The second-order valence-corrected chi connectivity index (χ2v) is 4.91. The lowest BCUT2D eigenvalue weighted by atomic mass is 10.1. The first-order valence-corrected chi connectivity index (χ1v) is 6.30. The van der Waals surface area contributed by atoms with E-state index in [4.69, 9.17) is 19.4 Å². The largest absolute Gasteiger partial charge is 0.475 e. The fraction of sp³-hybridized carbons (Fsp3) is 0.615. The van der Waals surface area contributed by atoms with E-state index in [0.29, 0.717) is 25.5 Å². The molecule has 0 aromatic carbocycles. The van der Waals surface area contributed by atoms with Gasteiger partial charge in [0.25, 0.3) is 0 Å². The van der Waals surface area contributed by atoms with Gasteiger partial charge in [-0.3, -0.25) is 4.90 Å². The van der Waals surface area contributed by atoms with Crippen LogP contribution in [0.25, 0.3) is 0 Å². The van der Waals surface area contributed by atoms with Crippen LogP contribution in [-0.2, 0) is 11.3 Å². The van der Waals surface area contributed by atoms with E-state index in [0.717, 1.165) is 5.56 Å². The van der Waals surface area contributed by atoms with E-state index in [1.165, 1.54) is 0 Å². The Hall–Kier alpha value is -1.37. The molecular formula is C13H19NO5. The summed E-state index contributed by atoms with van der Waals surface area (Å²) in [5.41, 5.74) is 0.864. The quantitative estimate of drug-likeness (QED) is 0.844. The second kappa shape index (κ2) is 5.73. The minimum absolute atomic E-state index is 0.00599. The molecule has 2 unspecified atom stereocenters. The van der Waals surface area contributed by atoms with Gasteiger partial charge in [-0.15, -0.1) is 0 Å². The number of morpholine rings is 1. The van der Waals surface area contributed by atoms with Gasteiger partial charge < -0.3 is 19.4 Å². The molecule has 0 spiro atoms. The summed E-state index contributed by atoms with van der Waals surface area (Å²) in [6.45, 7) is 5.59. The third kappa shape index (κ3) is 3.15. The highest BCUT2D eigenvalue weighted by atomic mass is 16.5. The van der Waals surface area contributed by atoms with Crippen molar-refractivity contribution in [2.24, 2.45) is 0 Å². The van der Waals surface area contributed by atoms with Crippen molar-refractivity contribution < 1.29 is 24.2 Å². The summed E-state index contributed by atoms with van der Waals surface area (Å²) in [6.07, 6.45) is -0.178. The molecule has 1 saturated heterocycles. The summed E-state index contributed by atoms with van der Waals surface area (Å²) in [7, 11) is 0. The van der Waals surface area contributed by atoms with E-state index in [9.17, 15) is 4.79 Å². The van der Waals surface area contributed by atoms with E-state index in [2.05, 4.69) is 4.90 Å².